The fourth-order valence-electron chi connectivity index (χ4n) is 2.97. The zero-order chi connectivity index (χ0) is 24.0. The Morgan fingerprint density at radius 2 is 1.35 bits per heavy atom. The molecule has 3 aromatic rings. The zero-order valence-electron chi connectivity index (χ0n) is 19.1. The Bertz CT molecular complexity index is 1020. The molecule has 3 N–H and O–H groups in total. The molecule has 0 spiro atoms. The van der Waals surface area contributed by atoms with Crippen LogP contribution in [0.25, 0.3) is 0 Å². The summed E-state index contributed by atoms with van der Waals surface area (Å²) in [5.74, 6) is 1.14. The summed E-state index contributed by atoms with van der Waals surface area (Å²) in [5, 5.41) is 8.63. The van der Waals surface area contributed by atoms with Crippen LogP contribution in [0.15, 0.2) is 78.9 Å². The van der Waals surface area contributed by atoms with Crippen LogP contribution in [0.5, 0.6) is 11.5 Å². The van der Waals surface area contributed by atoms with E-state index < -0.39 is 0 Å². The van der Waals surface area contributed by atoms with Gasteiger partial charge in [-0.15, -0.1) is 0 Å². The second-order valence-electron chi connectivity index (χ2n) is 7.26. The maximum atomic E-state index is 12.2. The highest BCUT2D eigenvalue weighted by Crippen LogP contribution is 2.16. The standard InChI is InChI=1S/C26H29N3O5/c1-32-16-15-27-26(31)20-7-9-21(10-8-20)28-19-25(30)29-22-11-13-24(14-12-22)34-18-17-33-23-5-3-2-4-6-23/h2-14,28H,15-19H2,1H3,(H,27,31)(H,29,30). The van der Waals surface area contributed by atoms with Gasteiger partial charge in [0, 0.05) is 30.6 Å². The molecule has 0 unspecified atom stereocenters. The summed E-state index contributed by atoms with van der Waals surface area (Å²) in [4.78, 5) is 24.2. The molecule has 0 saturated carbocycles. The number of hydrogen-bond acceptors (Lipinski definition) is 6. The van der Waals surface area contributed by atoms with Crippen LogP contribution in [-0.4, -0.2) is 51.8 Å². The Balaban J connectivity index is 1.35. The maximum Gasteiger partial charge on any atom is 0.251 e. The van der Waals surface area contributed by atoms with E-state index in [0.29, 0.717) is 43.4 Å². The lowest BCUT2D eigenvalue weighted by molar-refractivity contribution is -0.114. The number of para-hydroxylation sites is 1. The Kier molecular flexibility index (Phi) is 9.76. The Hall–Kier alpha value is -4.04. The first-order chi connectivity index (χ1) is 16.6. The van der Waals surface area contributed by atoms with Gasteiger partial charge in [-0.3, -0.25) is 9.59 Å². The van der Waals surface area contributed by atoms with Crippen molar-refractivity contribution in [2.45, 2.75) is 0 Å². The smallest absolute Gasteiger partial charge is 0.251 e. The summed E-state index contributed by atoms with van der Waals surface area (Å²) in [7, 11) is 1.58. The molecule has 3 aromatic carbocycles. The van der Waals surface area contributed by atoms with Crippen molar-refractivity contribution in [3.63, 3.8) is 0 Å². The number of ether oxygens (including phenoxy) is 3. The van der Waals surface area contributed by atoms with E-state index in [1.807, 2.05) is 30.3 Å². The molecule has 0 bridgehead atoms. The maximum absolute atomic E-state index is 12.2. The van der Waals surface area contributed by atoms with Crippen molar-refractivity contribution < 1.29 is 23.8 Å². The van der Waals surface area contributed by atoms with Crippen molar-refractivity contribution in [3.05, 3.63) is 84.4 Å². The number of nitrogens with one attached hydrogen (secondary N) is 3. The van der Waals surface area contributed by atoms with Gasteiger partial charge in [0.2, 0.25) is 5.91 Å². The van der Waals surface area contributed by atoms with Gasteiger partial charge in [-0.1, -0.05) is 18.2 Å². The van der Waals surface area contributed by atoms with Crippen molar-refractivity contribution in [3.8, 4) is 11.5 Å². The molecule has 0 radical (unpaired) electrons. The normalized spacial score (nSPS) is 10.3. The van der Waals surface area contributed by atoms with Gasteiger partial charge < -0.3 is 30.2 Å². The van der Waals surface area contributed by atoms with Gasteiger partial charge in [0.15, 0.2) is 0 Å². The lowest BCUT2D eigenvalue weighted by Gasteiger charge is -2.10. The second-order valence-corrected chi connectivity index (χ2v) is 7.26. The molecule has 0 saturated heterocycles. The summed E-state index contributed by atoms with van der Waals surface area (Å²) in [5.41, 5.74) is 1.95. The van der Waals surface area contributed by atoms with Crippen molar-refractivity contribution in [1.82, 2.24) is 5.32 Å². The van der Waals surface area contributed by atoms with E-state index in [-0.39, 0.29) is 18.4 Å². The van der Waals surface area contributed by atoms with Crippen molar-refractivity contribution in [2.75, 3.05) is 50.7 Å². The fraction of sp³-hybridized carbons (Fsp3) is 0.231. The van der Waals surface area contributed by atoms with Gasteiger partial charge >= 0.3 is 0 Å². The number of amides is 2. The number of hydrogen-bond donors (Lipinski definition) is 3. The monoisotopic (exact) mass is 463 g/mol. The Morgan fingerprint density at radius 3 is 2.00 bits per heavy atom. The minimum absolute atomic E-state index is 0.0917. The third-order valence-electron chi connectivity index (χ3n) is 4.69. The molecule has 0 fully saturated rings. The van der Waals surface area contributed by atoms with Gasteiger partial charge in [0.25, 0.3) is 5.91 Å². The lowest BCUT2D eigenvalue weighted by atomic mass is 10.2. The summed E-state index contributed by atoms with van der Waals surface area (Å²) in [6.07, 6.45) is 0. The summed E-state index contributed by atoms with van der Waals surface area (Å²) in [6, 6.07) is 23.6. The molecule has 178 valence electrons. The van der Waals surface area contributed by atoms with Gasteiger partial charge in [-0.05, 0) is 60.7 Å². The molecular formula is C26H29N3O5. The van der Waals surface area contributed by atoms with Crippen LogP contribution in [0.4, 0.5) is 11.4 Å². The van der Waals surface area contributed by atoms with Crippen LogP contribution in [0.2, 0.25) is 0 Å². The Labute approximate surface area is 199 Å². The van der Waals surface area contributed by atoms with Crippen LogP contribution < -0.4 is 25.4 Å². The number of rotatable bonds is 13. The Morgan fingerprint density at radius 1 is 0.735 bits per heavy atom. The molecule has 2 amide bonds. The predicted octanol–water partition coefficient (Wildman–Crippen LogP) is 3.57. The quantitative estimate of drug-likeness (QED) is 0.335. The number of carbonyl (C=O) groups excluding carboxylic acids is 2. The second kappa shape index (κ2) is 13.5. The minimum atomic E-state index is -0.189. The number of carbonyl (C=O) groups is 2. The van der Waals surface area contributed by atoms with Crippen LogP contribution in [0.3, 0.4) is 0 Å². The van der Waals surface area contributed by atoms with Crippen molar-refractivity contribution in [1.29, 1.82) is 0 Å². The molecule has 0 heterocycles. The summed E-state index contributed by atoms with van der Waals surface area (Å²) < 4.78 is 16.2. The van der Waals surface area contributed by atoms with Crippen molar-refractivity contribution in [2.24, 2.45) is 0 Å². The third-order valence-corrected chi connectivity index (χ3v) is 4.69. The lowest BCUT2D eigenvalue weighted by Crippen LogP contribution is -2.26. The highest BCUT2D eigenvalue weighted by molar-refractivity contribution is 5.95. The molecule has 0 aliphatic heterocycles. The average molecular weight is 464 g/mol. The first-order valence-electron chi connectivity index (χ1n) is 11.0. The highest BCUT2D eigenvalue weighted by Gasteiger charge is 2.06. The predicted molar refractivity (Wildman–Crippen MR) is 132 cm³/mol. The summed E-state index contributed by atoms with van der Waals surface area (Å²) in [6.45, 7) is 1.85. The first kappa shape index (κ1) is 24.6. The molecular weight excluding hydrogens is 434 g/mol. The average Bonchev–Trinajstić information content (AvgIpc) is 2.87. The van der Waals surface area contributed by atoms with Gasteiger partial charge in [-0.2, -0.15) is 0 Å². The van der Waals surface area contributed by atoms with Crippen molar-refractivity contribution >= 4 is 23.2 Å². The number of methoxy groups -OCH3 is 1. The molecule has 0 atom stereocenters. The van der Waals surface area contributed by atoms with E-state index in [2.05, 4.69) is 16.0 Å². The summed E-state index contributed by atoms with van der Waals surface area (Å²) >= 11 is 0. The fourth-order valence-corrected chi connectivity index (χ4v) is 2.97. The van der Waals surface area contributed by atoms with Gasteiger partial charge in [0.1, 0.15) is 24.7 Å². The topological polar surface area (TPSA) is 97.9 Å². The van der Waals surface area contributed by atoms with E-state index in [1.54, 1.807) is 55.6 Å². The zero-order valence-corrected chi connectivity index (χ0v) is 19.1. The van der Waals surface area contributed by atoms with Gasteiger partial charge in [0.05, 0.1) is 13.2 Å². The molecule has 0 aromatic heterocycles. The first-order valence-corrected chi connectivity index (χ1v) is 11.0. The molecule has 8 nitrogen and oxygen atoms in total. The van der Waals surface area contributed by atoms with E-state index >= 15 is 0 Å². The minimum Gasteiger partial charge on any atom is -0.490 e. The molecule has 8 heteroatoms. The molecule has 34 heavy (non-hydrogen) atoms. The molecule has 0 aliphatic rings. The third kappa shape index (κ3) is 8.48. The largest absolute Gasteiger partial charge is 0.490 e. The number of anilines is 2. The van der Waals surface area contributed by atoms with Crippen LogP contribution >= 0.6 is 0 Å². The van der Waals surface area contributed by atoms with E-state index in [9.17, 15) is 9.59 Å². The van der Waals surface area contributed by atoms with Crippen LogP contribution in [0.1, 0.15) is 10.4 Å². The molecule has 0 aliphatic carbocycles. The van der Waals surface area contributed by atoms with E-state index in [1.165, 1.54) is 0 Å². The van der Waals surface area contributed by atoms with Gasteiger partial charge in [-0.25, -0.2) is 0 Å². The SMILES string of the molecule is COCCNC(=O)c1ccc(NCC(=O)Nc2ccc(OCCOc3ccccc3)cc2)cc1. The molecule has 3 rings (SSSR count). The highest BCUT2D eigenvalue weighted by atomic mass is 16.5. The number of benzene rings is 3. The van der Waals surface area contributed by atoms with Crippen LogP contribution in [-0.2, 0) is 9.53 Å². The van der Waals surface area contributed by atoms with E-state index in [4.69, 9.17) is 14.2 Å². The van der Waals surface area contributed by atoms with Crippen LogP contribution in [0, 0.1) is 0 Å². The van der Waals surface area contributed by atoms with E-state index in [0.717, 1.165) is 11.4 Å².